The van der Waals surface area contributed by atoms with Gasteiger partial charge in [0.25, 0.3) is 0 Å². The van der Waals surface area contributed by atoms with E-state index in [2.05, 4.69) is 29.1 Å². The Kier molecular flexibility index (Phi) is 5.36. The molecule has 1 aromatic rings. The Bertz CT molecular complexity index is 285. The summed E-state index contributed by atoms with van der Waals surface area (Å²) in [5.41, 5.74) is 1.27. The largest absolute Gasteiger partial charge is 0.466 e. The Morgan fingerprint density at radius 2 is 2.47 bits per heavy atom. The Morgan fingerprint density at radius 3 is 3.07 bits per heavy atom. The molecule has 0 radical (unpaired) electrons. The third-order valence-corrected chi connectivity index (χ3v) is 2.83. The maximum absolute atomic E-state index is 11.1. The van der Waals surface area contributed by atoms with Crippen LogP contribution in [0.25, 0.3) is 0 Å². The van der Waals surface area contributed by atoms with E-state index in [0.29, 0.717) is 25.6 Å². The molecule has 0 bridgehead atoms. The lowest BCUT2D eigenvalue weighted by Crippen LogP contribution is -2.22. The SMILES string of the molecule is CCOC(=O)CCNC(C)c1ccsc1. The van der Waals surface area contributed by atoms with Gasteiger partial charge in [0.15, 0.2) is 0 Å². The molecular weight excluding hydrogens is 210 g/mol. The molecule has 1 aromatic heterocycles. The van der Waals surface area contributed by atoms with Crippen LogP contribution in [0.5, 0.6) is 0 Å². The minimum absolute atomic E-state index is 0.137. The van der Waals surface area contributed by atoms with Gasteiger partial charge < -0.3 is 10.1 Å². The molecule has 0 aliphatic carbocycles. The van der Waals surface area contributed by atoms with E-state index < -0.39 is 0 Å². The van der Waals surface area contributed by atoms with Crippen molar-refractivity contribution in [1.82, 2.24) is 5.32 Å². The minimum Gasteiger partial charge on any atom is -0.466 e. The number of thiophene rings is 1. The van der Waals surface area contributed by atoms with Crippen LogP contribution >= 0.6 is 11.3 Å². The molecule has 1 unspecified atom stereocenters. The lowest BCUT2D eigenvalue weighted by atomic mass is 10.2. The maximum atomic E-state index is 11.1. The molecule has 1 N–H and O–H groups in total. The molecule has 0 aliphatic rings. The van der Waals surface area contributed by atoms with Crippen LogP contribution in [0.3, 0.4) is 0 Å². The summed E-state index contributed by atoms with van der Waals surface area (Å²) < 4.78 is 4.84. The van der Waals surface area contributed by atoms with Crippen LogP contribution in [0, 0.1) is 0 Å². The molecule has 1 heterocycles. The number of ether oxygens (including phenoxy) is 1. The molecule has 1 rings (SSSR count). The first-order chi connectivity index (χ1) is 7.24. The van der Waals surface area contributed by atoms with E-state index in [1.807, 2.05) is 6.92 Å². The zero-order valence-electron chi connectivity index (χ0n) is 9.16. The fourth-order valence-corrected chi connectivity index (χ4v) is 2.02. The van der Waals surface area contributed by atoms with E-state index in [9.17, 15) is 4.79 Å². The van der Waals surface area contributed by atoms with Crippen molar-refractivity contribution in [3.05, 3.63) is 22.4 Å². The van der Waals surface area contributed by atoms with Crippen LogP contribution < -0.4 is 5.32 Å². The lowest BCUT2D eigenvalue weighted by Gasteiger charge is -2.11. The van der Waals surface area contributed by atoms with E-state index in [1.54, 1.807) is 11.3 Å². The summed E-state index contributed by atoms with van der Waals surface area (Å²) in [6.45, 7) is 5.03. The average Bonchev–Trinajstić information content (AvgIpc) is 2.70. The molecule has 3 nitrogen and oxygen atoms in total. The molecule has 0 aromatic carbocycles. The van der Waals surface area contributed by atoms with Crippen LogP contribution in [0.2, 0.25) is 0 Å². The second-order valence-corrected chi connectivity index (χ2v) is 4.07. The van der Waals surface area contributed by atoms with E-state index >= 15 is 0 Å². The summed E-state index contributed by atoms with van der Waals surface area (Å²) in [6, 6.07) is 2.39. The molecule has 0 amide bonds. The fourth-order valence-electron chi connectivity index (χ4n) is 1.26. The van der Waals surface area contributed by atoms with Gasteiger partial charge in [-0.05, 0) is 36.2 Å². The summed E-state index contributed by atoms with van der Waals surface area (Å²) in [7, 11) is 0. The first kappa shape index (κ1) is 12.2. The van der Waals surface area contributed by atoms with Gasteiger partial charge in [0.1, 0.15) is 0 Å². The Labute approximate surface area is 94.5 Å². The highest BCUT2D eigenvalue weighted by Gasteiger charge is 2.06. The van der Waals surface area contributed by atoms with Gasteiger partial charge in [0.2, 0.25) is 0 Å². The van der Waals surface area contributed by atoms with E-state index in [1.165, 1.54) is 5.56 Å². The van der Waals surface area contributed by atoms with Crippen molar-refractivity contribution in [3.8, 4) is 0 Å². The van der Waals surface area contributed by atoms with Gasteiger partial charge in [0.05, 0.1) is 13.0 Å². The number of hydrogen-bond donors (Lipinski definition) is 1. The summed E-state index contributed by atoms with van der Waals surface area (Å²) >= 11 is 1.68. The van der Waals surface area contributed by atoms with Crippen molar-refractivity contribution in [2.24, 2.45) is 0 Å². The number of esters is 1. The maximum Gasteiger partial charge on any atom is 0.307 e. The molecule has 0 fully saturated rings. The highest BCUT2D eigenvalue weighted by molar-refractivity contribution is 7.07. The van der Waals surface area contributed by atoms with Crippen molar-refractivity contribution in [2.45, 2.75) is 26.3 Å². The van der Waals surface area contributed by atoms with Gasteiger partial charge in [-0.1, -0.05) is 0 Å². The number of carbonyl (C=O) groups excluding carboxylic acids is 1. The normalized spacial score (nSPS) is 12.4. The molecule has 0 saturated heterocycles. The summed E-state index contributed by atoms with van der Waals surface area (Å²) in [5, 5.41) is 7.45. The third-order valence-electron chi connectivity index (χ3n) is 2.13. The van der Waals surface area contributed by atoms with Crippen LogP contribution in [-0.2, 0) is 9.53 Å². The van der Waals surface area contributed by atoms with Crippen molar-refractivity contribution in [1.29, 1.82) is 0 Å². The second-order valence-electron chi connectivity index (χ2n) is 3.29. The van der Waals surface area contributed by atoms with Crippen molar-refractivity contribution < 1.29 is 9.53 Å². The minimum atomic E-state index is -0.137. The summed E-state index contributed by atoms with van der Waals surface area (Å²) in [5.74, 6) is -0.137. The second kappa shape index (κ2) is 6.58. The van der Waals surface area contributed by atoms with Crippen LogP contribution in [0.4, 0.5) is 0 Å². The molecule has 0 aliphatic heterocycles. The van der Waals surface area contributed by atoms with Gasteiger partial charge in [0, 0.05) is 12.6 Å². The Balaban J connectivity index is 2.18. The van der Waals surface area contributed by atoms with Gasteiger partial charge in [-0.25, -0.2) is 0 Å². The highest BCUT2D eigenvalue weighted by atomic mass is 32.1. The quantitative estimate of drug-likeness (QED) is 0.758. The molecule has 15 heavy (non-hydrogen) atoms. The molecule has 84 valence electrons. The molecular formula is C11H17NO2S. The van der Waals surface area contributed by atoms with E-state index in [4.69, 9.17) is 4.74 Å². The van der Waals surface area contributed by atoms with Gasteiger partial charge >= 0.3 is 5.97 Å². The number of hydrogen-bond acceptors (Lipinski definition) is 4. The predicted octanol–water partition coefficient (Wildman–Crippen LogP) is 2.35. The molecule has 0 spiro atoms. The van der Waals surface area contributed by atoms with E-state index in [-0.39, 0.29) is 5.97 Å². The summed E-state index contributed by atoms with van der Waals surface area (Å²) in [4.78, 5) is 11.1. The third kappa shape index (κ3) is 4.44. The Morgan fingerprint density at radius 1 is 1.67 bits per heavy atom. The number of rotatable bonds is 6. The standard InChI is InChI=1S/C11H17NO2S/c1-3-14-11(13)4-6-12-9(2)10-5-7-15-8-10/h5,7-9,12H,3-4,6H2,1-2H3. The Hall–Kier alpha value is -0.870. The van der Waals surface area contributed by atoms with E-state index in [0.717, 1.165) is 0 Å². The van der Waals surface area contributed by atoms with Gasteiger partial charge in [-0.3, -0.25) is 4.79 Å². The monoisotopic (exact) mass is 227 g/mol. The first-order valence-corrected chi connectivity index (χ1v) is 6.09. The molecule has 1 atom stereocenters. The predicted molar refractivity (Wildman–Crippen MR) is 62.0 cm³/mol. The topological polar surface area (TPSA) is 38.3 Å². The lowest BCUT2D eigenvalue weighted by molar-refractivity contribution is -0.142. The molecule has 0 saturated carbocycles. The average molecular weight is 227 g/mol. The van der Waals surface area contributed by atoms with Gasteiger partial charge in [-0.2, -0.15) is 11.3 Å². The number of nitrogens with one attached hydrogen (secondary N) is 1. The first-order valence-electron chi connectivity index (χ1n) is 5.15. The van der Waals surface area contributed by atoms with Gasteiger partial charge in [-0.15, -0.1) is 0 Å². The fraction of sp³-hybridized carbons (Fsp3) is 0.545. The summed E-state index contributed by atoms with van der Waals surface area (Å²) in [6.07, 6.45) is 0.433. The van der Waals surface area contributed by atoms with Crippen molar-refractivity contribution in [2.75, 3.05) is 13.2 Å². The smallest absolute Gasteiger partial charge is 0.307 e. The van der Waals surface area contributed by atoms with Crippen LogP contribution in [-0.4, -0.2) is 19.1 Å². The molecule has 4 heteroatoms. The van der Waals surface area contributed by atoms with Crippen LogP contribution in [0.15, 0.2) is 16.8 Å². The zero-order chi connectivity index (χ0) is 11.1. The van der Waals surface area contributed by atoms with Crippen molar-refractivity contribution in [3.63, 3.8) is 0 Å². The zero-order valence-corrected chi connectivity index (χ0v) is 9.97. The highest BCUT2D eigenvalue weighted by Crippen LogP contribution is 2.15. The van der Waals surface area contributed by atoms with Crippen LogP contribution in [0.1, 0.15) is 31.9 Å². The van der Waals surface area contributed by atoms with Crippen molar-refractivity contribution >= 4 is 17.3 Å². The number of carbonyl (C=O) groups is 1.